The molecule has 2 aromatic carbocycles. The third-order valence-corrected chi connectivity index (χ3v) is 5.62. The maximum atomic E-state index is 14.6. The van der Waals surface area contributed by atoms with Crippen molar-refractivity contribution in [2.75, 3.05) is 32.6 Å². The zero-order valence-electron chi connectivity index (χ0n) is 18.3. The molecule has 1 amide bonds. The zero-order valence-corrected chi connectivity index (χ0v) is 18.3. The summed E-state index contributed by atoms with van der Waals surface area (Å²) in [6.45, 7) is 2.46. The number of aldehydes is 1. The highest BCUT2D eigenvalue weighted by Crippen LogP contribution is 2.29. The number of carbonyl (C=O) groups excluding carboxylic acids is 3. The highest BCUT2D eigenvalue weighted by Gasteiger charge is 2.27. The molecule has 0 bridgehead atoms. The number of likely N-dealkylation sites (N-methyl/N-ethyl adjacent to an activating group) is 1. The van der Waals surface area contributed by atoms with Crippen LogP contribution < -0.4 is 10.6 Å². The van der Waals surface area contributed by atoms with Gasteiger partial charge in [-0.2, -0.15) is 0 Å². The van der Waals surface area contributed by atoms with Gasteiger partial charge in [0.1, 0.15) is 11.5 Å². The molecule has 0 saturated heterocycles. The van der Waals surface area contributed by atoms with Crippen LogP contribution in [-0.4, -0.2) is 50.3 Å². The van der Waals surface area contributed by atoms with E-state index in [0.29, 0.717) is 18.4 Å². The Morgan fingerprint density at radius 2 is 2.00 bits per heavy atom. The van der Waals surface area contributed by atoms with Gasteiger partial charge >= 0.3 is 5.97 Å². The van der Waals surface area contributed by atoms with Crippen LogP contribution in [0.5, 0.6) is 0 Å². The van der Waals surface area contributed by atoms with Crippen LogP contribution in [0.3, 0.4) is 0 Å². The summed E-state index contributed by atoms with van der Waals surface area (Å²) in [6.07, 6.45) is 2.66. The minimum Gasteiger partial charge on any atom is -0.464 e. The molecular weight excluding hydrogens is 413 g/mol. The second-order valence-electron chi connectivity index (χ2n) is 7.44. The first-order chi connectivity index (χ1) is 15.4. The number of anilines is 1. The number of hydrogen-bond acceptors (Lipinski definition) is 6. The molecule has 1 aliphatic heterocycles. The van der Waals surface area contributed by atoms with Gasteiger partial charge in [-0.25, -0.2) is 9.18 Å². The number of carbonyl (C=O) groups is 3. The van der Waals surface area contributed by atoms with Crippen LogP contribution in [0.4, 0.5) is 10.1 Å². The lowest BCUT2D eigenvalue weighted by Crippen LogP contribution is -2.41. The van der Waals surface area contributed by atoms with Crippen molar-refractivity contribution in [1.29, 1.82) is 0 Å². The Labute approximate surface area is 186 Å². The molecule has 0 radical (unpaired) electrons. The largest absolute Gasteiger partial charge is 0.464 e. The third kappa shape index (κ3) is 4.80. The fraction of sp³-hybridized carbons (Fsp3) is 0.292. The van der Waals surface area contributed by atoms with Gasteiger partial charge in [0, 0.05) is 19.2 Å². The molecule has 0 fully saturated rings. The number of nitrogens with zero attached hydrogens (tertiary/aromatic N) is 1. The van der Waals surface area contributed by atoms with Crippen LogP contribution in [0.15, 0.2) is 42.1 Å². The molecule has 8 heteroatoms. The molecule has 1 heterocycles. The van der Waals surface area contributed by atoms with E-state index in [1.54, 1.807) is 4.90 Å². The van der Waals surface area contributed by atoms with Crippen LogP contribution in [0, 0.1) is 5.82 Å². The molecule has 0 aliphatic carbocycles. The van der Waals surface area contributed by atoms with Gasteiger partial charge in [-0.15, -0.1) is 0 Å². The lowest BCUT2D eigenvalue weighted by atomic mass is 9.93. The lowest BCUT2D eigenvalue weighted by Gasteiger charge is -2.35. The van der Waals surface area contributed by atoms with Gasteiger partial charge in [0.15, 0.2) is 6.29 Å². The molecule has 0 saturated carbocycles. The van der Waals surface area contributed by atoms with Gasteiger partial charge in [0.05, 0.1) is 25.4 Å². The first kappa shape index (κ1) is 23.0. The Morgan fingerprint density at radius 1 is 1.25 bits per heavy atom. The molecule has 1 aliphatic rings. The topological polar surface area (TPSA) is 87.7 Å². The summed E-state index contributed by atoms with van der Waals surface area (Å²) in [5, 5.41) is 5.52. The number of amides is 1. The average molecular weight is 439 g/mol. The van der Waals surface area contributed by atoms with E-state index in [-0.39, 0.29) is 35.4 Å². The summed E-state index contributed by atoms with van der Waals surface area (Å²) in [4.78, 5) is 37.9. The van der Waals surface area contributed by atoms with Crippen molar-refractivity contribution in [1.82, 2.24) is 10.2 Å². The first-order valence-corrected chi connectivity index (χ1v) is 10.3. The van der Waals surface area contributed by atoms with Crippen molar-refractivity contribution in [3.8, 4) is 0 Å². The smallest absolute Gasteiger partial charge is 0.354 e. The molecule has 0 aromatic heterocycles. The maximum Gasteiger partial charge on any atom is 0.354 e. The fourth-order valence-corrected chi connectivity index (χ4v) is 3.85. The normalized spacial score (nSPS) is 15.6. The monoisotopic (exact) mass is 439 g/mol. The standard InChI is InChI=1S/C24H26FN3O4/c1-15-19-7-5-4-6-16(19)8-9-28(15)23(30)13-27-21-11-17(18(14-29)10-20(21)25)12-22(26-2)24(31)32-3/h4-7,10-12,14-15,26-27H,8-9,13H2,1-3H3/b22-12-. The minimum absolute atomic E-state index is 0.0561. The Bertz CT molecular complexity index is 1070. The third-order valence-electron chi connectivity index (χ3n) is 5.62. The molecule has 1 unspecified atom stereocenters. The lowest BCUT2D eigenvalue weighted by molar-refractivity contribution is -0.136. The number of methoxy groups -OCH3 is 1. The quantitative estimate of drug-likeness (QED) is 0.392. The zero-order chi connectivity index (χ0) is 23.3. The first-order valence-electron chi connectivity index (χ1n) is 10.3. The van der Waals surface area contributed by atoms with Crippen molar-refractivity contribution in [2.45, 2.75) is 19.4 Å². The molecule has 168 valence electrons. The fourth-order valence-electron chi connectivity index (χ4n) is 3.85. The molecule has 2 aromatic rings. The number of nitrogens with one attached hydrogen (secondary N) is 2. The van der Waals surface area contributed by atoms with Gasteiger partial charge in [-0.05, 0) is 48.2 Å². The van der Waals surface area contributed by atoms with E-state index in [1.807, 2.05) is 25.1 Å². The predicted octanol–water partition coefficient (Wildman–Crippen LogP) is 2.93. The highest BCUT2D eigenvalue weighted by atomic mass is 19.1. The second kappa shape index (κ2) is 10.1. The van der Waals surface area contributed by atoms with E-state index in [1.165, 1.54) is 31.9 Å². The number of hydrogen-bond donors (Lipinski definition) is 2. The van der Waals surface area contributed by atoms with E-state index in [0.717, 1.165) is 18.1 Å². The molecule has 0 spiro atoms. The number of rotatable bonds is 7. The Morgan fingerprint density at radius 3 is 2.69 bits per heavy atom. The number of benzene rings is 2. The second-order valence-corrected chi connectivity index (χ2v) is 7.44. The number of halogens is 1. The summed E-state index contributed by atoms with van der Waals surface area (Å²) in [6, 6.07) is 10.4. The predicted molar refractivity (Wildman–Crippen MR) is 120 cm³/mol. The molecule has 7 nitrogen and oxygen atoms in total. The van der Waals surface area contributed by atoms with Gasteiger partial charge in [-0.1, -0.05) is 24.3 Å². The molecule has 1 atom stereocenters. The van der Waals surface area contributed by atoms with E-state index in [2.05, 4.69) is 21.4 Å². The Hall–Kier alpha value is -3.68. The molecule has 32 heavy (non-hydrogen) atoms. The van der Waals surface area contributed by atoms with Crippen LogP contribution >= 0.6 is 0 Å². The molecule has 2 N–H and O–H groups in total. The maximum absolute atomic E-state index is 14.6. The van der Waals surface area contributed by atoms with E-state index >= 15 is 0 Å². The molecular formula is C24H26FN3O4. The van der Waals surface area contributed by atoms with E-state index in [4.69, 9.17) is 0 Å². The summed E-state index contributed by atoms with van der Waals surface area (Å²) in [5.74, 6) is -1.45. The number of esters is 1. The summed E-state index contributed by atoms with van der Waals surface area (Å²) < 4.78 is 19.2. The Kier molecular flexibility index (Phi) is 7.25. The van der Waals surface area contributed by atoms with E-state index < -0.39 is 11.8 Å². The molecule has 3 rings (SSSR count). The number of ether oxygens (including phenoxy) is 1. The highest BCUT2D eigenvalue weighted by molar-refractivity contribution is 5.95. The van der Waals surface area contributed by atoms with Crippen molar-refractivity contribution in [3.63, 3.8) is 0 Å². The van der Waals surface area contributed by atoms with Crippen molar-refractivity contribution in [3.05, 3.63) is 70.2 Å². The summed E-state index contributed by atoms with van der Waals surface area (Å²) >= 11 is 0. The van der Waals surface area contributed by atoms with Crippen LogP contribution in [0.25, 0.3) is 6.08 Å². The van der Waals surface area contributed by atoms with Gasteiger partial charge < -0.3 is 20.3 Å². The van der Waals surface area contributed by atoms with Crippen molar-refractivity contribution < 1.29 is 23.5 Å². The van der Waals surface area contributed by atoms with Crippen molar-refractivity contribution in [2.24, 2.45) is 0 Å². The van der Waals surface area contributed by atoms with Crippen LogP contribution in [-0.2, 0) is 20.7 Å². The summed E-state index contributed by atoms with van der Waals surface area (Å²) in [7, 11) is 2.76. The SMILES string of the molecule is CN/C(=C\c1cc(NCC(=O)N2CCc3ccccc3C2C)c(F)cc1C=O)C(=O)OC. The van der Waals surface area contributed by atoms with Gasteiger partial charge in [-0.3, -0.25) is 9.59 Å². The average Bonchev–Trinajstić information content (AvgIpc) is 2.81. The summed E-state index contributed by atoms with van der Waals surface area (Å²) in [5.41, 5.74) is 2.88. The van der Waals surface area contributed by atoms with Gasteiger partial charge in [0.25, 0.3) is 0 Å². The number of fused-ring (bicyclic) bond motifs is 1. The van der Waals surface area contributed by atoms with Crippen LogP contribution in [0.2, 0.25) is 0 Å². The Balaban J connectivity index is 1.79. The minimum atomic E-state index is -0.668. The van der Waals surface area contributed by atoms with E-state index in [9.17, 15) is 18.8 Å². The van der Waals surface area contributed by atoms with Crippen LogP contribution in [0.1, 0.15) is 40.0 Å². The van der Waals surface area contributed by atoms with Crippen molar-refractivity contribution >= 4 is 29.9 Å². The van der Waals surface area contributed by atoms with Gasteiger partial charge in [0.2, 0.25) is 5.91 Å².